The van der Waals surface area contributed by atoms with E-state index in [0.717, 1.165) is 27.0 Å². The molecule has 27 heavy (non-hydrogen) atoms. The lowest BCUT2D eigenvalue weighted by Crippen LogP contribution is -2.38. The Hall–Kier alpha value is -1.58. The topological polar surface area (TPSA) is 96.3 Å². The highest BCUT2D eigenvalue weighted by molar-refractivity contribution is 9.11. The van der Waals surface area contributed by atoms with E-state index >= 15 is 0 Å². The molecule has 1 heterocycles. The van der Waals surface area contributed by atoms with E-state index in [1.807, 2.05) is 12.1 Å². The Labute approximate surface area is 175 Å². The van der Waals surface area contributed by atoms with Gasteiger partial charge in [-0.15, -0.1) is 0 Å². The van der Waals surface area contributed by atoms with Crippen molar-refractivity contribution < 1.29 is 29.3 Å². The lowest BCUT2D eigenvalue weighted by molar-refractivity contribution is -0.134. The third kappa shape index (κ3) is 7.90. The second-order valence-corrected chi connectivity index (χ2v) is 7.71. The summed E-state index contributed by atoms with van der Waals surface area (Å²) in [6, 6.07) is 4.38. The molecule has 1 aromatic carbocycles. The van der Waals surface area contributed by atoms with Crippen LogP contribution in [0.25, 0.3) is 0 Å². The number of hydrogen-bond acceptors (Lipinski definition) is 5. The van der Waals surface area contributed by atoms with Crippen LogP contribution in [0.2, 0.25) is 0 Å². The molecular formula is C18H23Br2NO6. The summed E-state index contributed by atoms with van der Waals surface area (Å²) >= 11 is 6.98. The number of carboxylic acid groups (broad SMARTS) is 2. The number of methoxy groups -OCH3 is 1. The molecule has 1 aromatic rings. The van der Waals surface area contributed by atoms with Gasteiger partial charge in [-0.3, -0.25) is 4.90 Å². The van der Waals surface area contributed by atoms with Crippen LogP contribution in [-0.2, 0) is 9.59 Å². The van der Waals surface area contributed by atoms with Gasteiger partial charge >= 0.3 is 11.9 Å². The molecule has 0 saturated carbocycles. The quantitative estimate of drug-likeness (QED) is 0.564. The van der Waals surface area contributed by atoms with Crippen molar-refractivity contribution in [1.29, 1.82) is 0 Å². The van der Waals surface area contributed by atoms with Crippen LogP contribution in [0.5, 0.6) is 11.5 Å². The summed E-state index contributed by atoms with van der Waals surface area (Å²) in [5, 5.41) is 15.6. The minimum atomic E-state index is -1.26. The number of carboxylic acids is 2. The van der Waals surface area contributed by atoms with Gasteiger partial charge in [-0.2, -0.15) is 0 Å². The van der Waals surface area contributed by atoms with E-state index in [4.69, 9.17) is 19.7 Å². The molecule has 0 aromatic heterocycles. The van der Waals surface area contributed by atoms with E-state index in [0.29, 0.717) is 18.2 Å². The Balaban J connectivity index is 0.000000387. The largest absolute Gasteiger partial charge is 0.492 e. The lowest BCUT2D eigenvalue weighted by atomic mass is 10.1. The van der Waals surface area contributed by atoms with Crippen LogP contribution in [0, 0.1) is 0 Å². The second kappa shape index (κ2) is 11.3. The van der Waals surface area contributed by atoms with Crippen LogP contribution in [0.15, 0.2) is 33.2 Å². The number of hydrogen-bond donors (Lipinski definition) is 2. The molecule has 1 fully saturated rings. The average molecular weight is 509 g/mol. The zero-order valence-electron chi connectivity index (χ0n) is 15.3. The van der Waals surface area contributed by atoms with Crippen molar-refractivity contribution in [3.63, 3.8) is 0 Å². The van der Waals surface area contributed by atoms with Gasteiger partial charge in [0.25, 0.3) is 0 Å². The first-order chi connectivity index (χ1) is 12.6. The van der Waals surface area contributed by atoms with E-state index in [2.05, 4.69) is 50.7 Å². The molecule has 0 aliphatic carbocycles. The number of nitrogens with zero attached hydrogens (tertiary/aromatic N) is 1. The molecule has 150 valence electrons. The van der Waals surface area contributed by atoms with Gasteiger partial charge in [-0.05, 0) is 61.4 Å². The summed E-state index contributed by atoms with van der Waals surface area (Å²) in [7, 11) is 3.82. The predicted octanol–water partition coefficient (Wildman–Crippen LogP) is 3.79. The summed E-state index contributed by atoms with van der Waals surface area (Å²) in [4.78, 5) is 21.5. The highest BCUT2D eigenvalue weighted by Gasteiger charge is 2.28. The Morgan fingerprint density at radius 2 is 1.85 bits per heavy atom. The van der Waals surface area contributed by atoms with Crippen molar-refractivity contribution in [3.8, 4) is 11.5 Å². The number of halogens is 2. The highest BCUT2D eigenvalue weighted by Crippen LogP contribution is 2.39. The molecule has 7 nitrogen and oxygen atoms in total. The first-order valence-electron chi connectivity index (χ1n) is 8.19. The fourth-order valence-electron chi connectivity index (χ4n) is 2.77. The summed E-state index contributed by atoms with van der Waals surface area (Å²) in [5.41, 5.74) is 0. The molecule has 0 amide bonds. The standard InChI is InChI=1S/C14H19Br2NO2.C4H4O4/c1-9(12-5-4-6-17(12)2)19-13-8-10(15)7-11(16)14(13)18-3;5-3(6)1-2-4(7)8/h7-9,12H,4-6H2,1-3H3;1-2H,(H,5,6)(H,7,8)/b;2-1+. The minimum Gasteiger partial charge on any atom is -0.492 e. The molecule has 1 aliphatic rings. The number of likely N-dealkylation sites (N-methyl/N-ethyl adjacent to an activating group) is 1. The van der Waals surface area contributed by atoms with Crippen molar-refractivity contribution in [2.45, 2.75) is 31.9 Å². The van der Waals surface area contributed by atoms with Gasteiger partial charge in [0.2, 0.25) is 0 Å². The van der Waals surface area contributed by atoms with Crippen molar-refractivity contribution in [2.24, 2.45) is 0 Å². The van der Waals surface area contributed by atoms with Crippen LogP contribution in [-0.4, -0.2) is 59.9 Å². The van der Waals surface area contributed by atoms with E-state index in [1.54, 1.807) is 7.11 Å². The average Bonchev–Trinajstić information content (AvgIpc) is 2.99. The monoisotopic (exact) mass is 507 g/mol. The molecule has 1 aliphatic heterocycles. The molecule has 2 atom stereocenters. The Morgan fingerprint density at radius 1 is 1.26 bits per heavy atom. The van der Waals surface area contributed by atoms with Gasteiger partial charge in [-0.1, -0.05) is 15.9 Å². The normalized spacial score (nSPS) is 17.9. The lowest BCUT2D eigenvalue weighted by Gasteiger charge is -2.27. The highest BCUT2D eigenvalue weighted by atomic mass is 79.9. The summed E-state index contributed by atoms with van der Waals surface area (Å²) in [6.45, 7) is 3.28. The molecule has 9 heteroatoms. The van der Waals surface area contributed by atoms with Gasteiger partial charge in [0, 0.05) is 22.7 Å². The Bertz CT molecular complexity index is 679. The number of aliphatic carboxylic acids is 2. The smallest absolute Gasteiger partial charge is 0.328 e. The van der Waals surface area contributed by atoms with Crippen molar-refractivity contribution in [1.82, 2.24) is 4.90 Å². The van der Waals surface area contributed by atoms with Gasteiger partial charge < -0.3 is 19.7 Å². The van der Waals surface area contributed by atoms with E-state index in [-0.39, 0.29) is 6.10 Å². The molecule has 0 bridgehead atoms. The molecule has 0 radical (unpaired) electrons. The first kappa shape index (κ1) is 23.5. The van der Waals surface area contributed by atoms with Crippen molar-refractivity contribution in [3.05, 3.63) is 33.2 Å². The van der Waals surface area contributed by atoms with Gasteiger partial charge in [0.1, 0.15) is 6.10 Å². The second-order valence-electron chi connectivity index (χ2n) is 5.94. The number of benzene rings is 1. The van der Waals surface area contributed by atoms with Gasteiger partial charge in [0.05, 0.1) is 11.6 Å². The fourth-order valence-corrected chi connectivity index (χ4v) is 4.12. The van der Waals surface area contributed by atoms with Gasteiger partial charge in [-0.25, -0.2) is 9.59 Å². The molecule has 1 saturated heterocycles. The molecular weight excluding hydrogens is 486 g/mol. The maximum atomic E-state index is 9.55. The molecule has 2 unspecified atom stereocenters. The number of ether oxygens (including phenoxy) is 2. The zero-order valence-corrected chi connectivity index (χ0v) is 18.5. The Kier molecular flexibility index (Phi) is 9.82. The van der Waals surface area contributed by atoms with Crippen LogP contribution >= 0.6 is 31.9 Å². The predicted molar refractivity (Wildman–Crippen MR) is 109 cm³/mol. The number of rotatable bonds is 6. The van der Waals surface area contributed by atoms with E-state index in [1.165, 1.54) is 12.8 Å². The van der Waals surface area contributed by atoms with Crippen LogP contribution in [0.4, 0.5) is 0 Å². The fraction of sp³-hybridized carbons (Fsp3) is 0.444. The minimum absolute atomic E-state index is 0.141. The third-order valence-electron chi connectivity index (χ3n) is 3.98. The number of carbonyl (C=O) groups is 2. The third-order valence-corrected chi connectivity index (χ3v) is 5.03. The summed E-state index contributed by atoms with van der Waals surface area (Å²) < 4.78 is 13.4. The molecule has 2 rings (SSSR count). The van der Waals surface area contributed by atoms with Crippen molar-refractivity contribution in [2.75, 3.05) is 20.7 Å². The molecule has 0 spiro atoms. The summed E-state index contributed by atoms with van der Waals surface area (Å²) in [6.07, 6.45) is 3.69. The van der Waals surface area contributed by atoms with Gasteiger partial charge in [0.15, 0.2) is 11.5 Å². The van der Waals surface area contributed by atoms with Crippen molar-refractivity contribution >= 4 is 43.8 Å². The summed E-state index contributed by atoms with van der Waals surface area (Å²) in [5.74, 6) is -0.993. The molecule has 2 N–H and O–H groups in total. The maximum absolute atomic E-state index is 9.55. The zero-order chi connectivity index (χ0) is 20.6. The maximum Gasteiger partial charge on any atom is 0.328 e. The van der Waals surface area contributed by atoms with E-state index < -0.39 is 11.9 Å². The number of likely N-dealkylation sites (tertiary alicyclic amines) is 1. The first-order valence-corrected chi connectivity index (χ1v) is 9.78. The SMILES string of the molecule is COc1c(Br)cc(Br)cc1OC(C)C1CCCN1C.O=C(O)/C=C/C(=O)O. The van der Waals surface area contributed by atoms with E-state index in [9.17, 15) is 9.59 Å². The Morgan fingerprint density at radius 3 is 2.30 bits per heavy atom. The van der Waals surface area contributed by atoms with Crippen LogP contribution in [0.1, 0.15) is 19.8 Å². The van der Waals surface area contributed by atoms with Crippen LogP contribution in [0.3, 0.4) is 0 Å². The van der Waals surface area contributed by atoms with Crippen LogP contribution < -0.4 is 9.47 Å².